The number of aliphatic carboxylic acids is 1. The van der Waals surface area contributed by atoms with Crippen molar-refractivity contribution in [3.05, 3.63) is 23.4 Å². The van der Waals surface area contributed by atoms with Crippen molar-refractivity contribution in [2.24, 2.45) is 11.8 Å². The van der Waals surface area contributed by atoms with E-state index in [9.17, 15) is 14.3 Å². The molecule has 1 saturated heterocycles. The number of pyridine rings is 1. The Morgan fingerprint density at radius 3 is 2.80 bits per heavy atom. The molecule has 6 nitrogen and oxygen atoms in total. The number of alkyl halides is 1. The number of aliphatic hydroxyl groups excluding tert-OH is 1. The van der Waals surface area contributed by atoms with E-state index in [1.165, 1.54) is 16.9 Å². The molecule has 3 N–H and O–H groups in total. The minimum atomic E-state index is -1.65. The number of nitrogens with zero attached hydrogens (tertiary/aromatic N) is 2. The lowest BCUT2D eigenvalue weighted by molar-refractivity contribution is -0.150. The van der Waals surface area contributed by atoms with Gasteiger partial charge in [-0.25, -0.2) is 9.37 Å². The van der Waals surface area contributed by atoms with Gasteiger partial charge in [0.1, 0.15) is 5.82 Å². The maximum Gasteiger partial charge on any atom is 0.317 e. The smallest absolute Gasteiger partial charge is 0.317 e. The van der Waals surface area contributed by atoms with Crippen molar-refractivity contribution in [3.63, 3.8) is 0 Å². The quantitative estimate of drug-likeness (QED) is 0.589. The highest BCUT2D eigenvalue weighted by Crippen LogP contribution is 2.37. The molecule has 3 aliphatic rings. The van der Waals surface area contributed by atoms with Gasteiger partial charge in [-0.15, -0.1) is 0 Å². The van der Waals surface area contributed by atoms with Gasteiger partial charge < -0.3 is 15.5 Å². The molecule has 2 fully saturated rings. The van der Waals surface area contributed by atoms with Crippen molar-refractivity contribution in [2.45, 2.75) is 69.6 Å². The van der Waals surface area contributed by atoms with E-state index in [1.54, 1.807) is 0 Å². The number of anilines is 1. The van der Waals surface area contributed by atoms with Gasteiger partial charge in [0.05, 0.1) is 12.6 Å². The second-order valence-corrected chi connectivity index (χ2v) is 9.61. The van der Waals surface area contributed by atoms with Crippen LogP contribution in [0.15, 0.2) is 12.1 Å². The Kier molecular flexibility index (Phi) is 6.58. The largest absolute Gasteiger partial charge is 0.480 e. The number of hydrogen-bond acceptors (Lipinski definition) is 5. The molecule has 1 saturated carbocycles. The number of likely N-dealkylation sites (tertiary alicyclic amines) is 1. The number of aryl methyl sites for hydroxylation is 1. The third-order valence-electron chi connectivity index (χ3n) is 7.14. The highest BCUT2D eigenvalue weighted by atomic mass is 19.1. The van der Waals surface area contributed by atoms with Crippen LogP contribution in [-0.4, -0.2) is 64.0 Å². The van der Waals surface area contributed by atoms with E-state index in [0.717, 1.165) is 63.0 Å². The number of aromatic nitrogens is 1. The molecule has 2 aliphatic heterocycles. The van der Waals surface area contributed by atoms with Gasteiger partial charge in [0.2, 0.25) is 0 Å². The van der Waals surface area contributed by atoms with Gasteiger partial charge in [0, 0.05) is 25.3 Å². The lowest BCUT2D eigenvalue weighted by Gasteiger charge is -2.46. The number of rotatable bonds is 7. The zero-order chi connectivity index (χ0) is 21.1. The van der Waals surface area contributed by atoms with Crippen LogP contribution >= 0.6 is 0 Å². The first-order valence-electron chi connectivity index (χ1n) is 11.4. The lowest BCUT2D eigenvalue weighted by Crippen LogP contribution is -2.65. The van der Waals surface area contributed by atoms with Gasteiger partial charge in [-0.3, -0.25) is 9.69 Å². The molecule has 3 unspecified atom stereocenters. The molecule has 1 aromatic rings. The molecular weight excluding hydrogens is 385 g/mol. The molecule has 0 aromatic carbocycles. The maximum absolute atomic E-state index is 14.9. The van der Waals surface area contributed by atoms with Crippen LogP contribution in [0.5, 0.6) is 0 Å². The Bertz CT molecular complexity index is 753. The van der Waals surface area contributed by atoms with Crippen LogP contribution in [0.4, 0.5) is 10.2 Å². The molecule has 1 aromatic heterocycles. The summed E-state index contributed by atoms with van der Waals surface area (Å²) in [6, 6.07) is 4.39. The fraction of sp³-hybridized carbons (Fsp3) is 0.739. The minimum Gasteiger partial charge on any atom is -0.480 e. The lowest BCUT2D eigenvalue weighted by atomic mass is 9.82. The molecule has 3 atom stereocenters. The average Bonchev–Trinajstić information content (AvgIpc) is 2.91. The number of fused-ring (bicyclic) bond motifs is 1. The van der Waals surface area contributed by atoms with Crippen LogP contribution in [0.25, 0.3) is 0 Å². The predicted molar refractivity (Wildman–Crippen MR) is 113 cm³/mol. The Morgan fingerprint density at radius 1 is 1.23 bits per heavy atom. The maximum atomic E-state index is 14.9. The Labute approximate surface area is 177 Å². The first-order chi connectivity index (χ1) is 14.4. The fourth-order valence-electron chi connectivity index (χ4n) is 5.41. The third kappa shape index (κ3) is 5.11. The van der Waals surface area contributed by atoms with E-state index in [2.05, 4.69) is 17.4 Å². The Morgan fingerprint density at radius 2 is 2.00 bits per heavy atom. The van der Waals surface area contributed by atoms with Crippen molar-refractivity contribution in [2.75, 3.05) is 31.5 Å². The first-order valence-corrected chi connectivity index (χ1v) is 11.4. The second kappa shape index (κ2) is 9.18. The summed E-state index contributed by atoms with van der Waals surface area (Å²) in [6.07, 6.45) is 8.14. The van der Waals surface area contributed by atoms with Gasteiger partial charge in [-0.1, -0.05) is 31.7 Å². The van der Waals surface area contributed by atoms with Crippen LogP contribution in [0.3, 0.4) is 0 Å². The molecule has 3 heterocycles. The highest BCUT2D eigenvalue weighted by molar-refractivity contribution is 5.69. The standard InChI is InChI=1S/C23H34FN3O3/c24-23(14-27(15-23)13-21(29)30)20(28)12-17-4-1-3-16(6-7-17)11-19-9-8-18-5-2-10-25-22(18)26-19/h8-9,16-17,20,28H,1-7,10-15H2,(H,25,26)(H,29,30). The van der Waals surface area contributed by atoms with Crippen molar-refractivity contribution in [1.29, 1.82) is 0 Å². The Hall–Kier alpha value is -1.73. The fourth-order valence-corrected chi connectivity index (χ4v) is 5.41. The second-order valence-electron chi connectivity index (χ2n) is 9.61. The first kappa shape index (κ1) is 21.5. The zero-order valence-corrected chi connectivity index (χ0v) is 17.7. The normalized spacial score (nSPS) is 27.3. The summed E-state index contributed by atoms with van der Waals surface area (Å²) in [4.78, 5) is 17.1. The number of carboxylic acid groups (broad SMARTS) is 1. The van der Waals surface area contributed by atoms with E-state index in [4.69, 9.17) is 10.1 Å². The SMILES string of the molecule is O=C(O)CN1CC(F)(C(O)CC2CCCC(Cc3ccc4c(n3)NCCC4)CC2)C1. The molecule has 1 aliphatic carbocycles. The van der Waals surface area contributed by atoms with Crippen LogP contribution in [0.1, 0.15) is 56.2 Å². The Balaban J connectivity index is 1.25. The van der Waals surface area contributed by atoms with Crippen LogP contribution in [-0.2, 0) is 17.6 Å². The summed E-state index contributed by atoms with van der Waals surface area (Å²) in [5, 5.41) is 22.7. The van der Waals surface area contributed by atoms with E-state index in [-0.39, 0.29) is 19.6 Å². The highest BCUT2D eigenvalue weighted by Gasteiger charge is 2.49. The molecule has 0 bridgehead atoms. The van der Waals surface area contributed by atoms with Crippen molar-refractivity contribution in [3.8, 4) is 0 Å². The number of carboxylic acids is 1. The molecular formula is C23H34FN3O3. The van der Waals surface area contributed by atoms with E-state index in [1.807, 2.05) is 0 Å². The van der Waals surface area contributed by atoms with Gasteiger partial charge in [-0.2, -0.15) is 0 Å². The summed E-state index contributed by atoms with van der Waals surface area (Å²) >= 11 is 0. The molecule has 166 valence electrons. The van der Waals surface area contributed by atoms with Crippen molar-refractivity contribution < 1.29 is 19.4 Å². The van der Waals surface area contributed by atoms with Crippen LogP contribution < -0.4 is 5.32 Å². The molecule has 0 spiro atoms. The predicted octanol–water partition coefficient (Wildman–Crippen LogP) is 3.04. The topological polar surface area (TPSA) is 85.7 Å². The van der Waals surface area contributed by atoms with Gasteiger partial charge >= 0.3 is 5.97 Å². The summed E-state index contributed by atoms with van der Waals surface area (Å²) in [7, 11) is 0. The number of hydrogen-bond donors (Lipinski definition) is 3. The number of halogens is 1. The molecule has 7 heteroatoms. The van der Waals surface area contributed by atoms with E-state index >= 15 is 0 Å². The number of nitrogens with one attached hydrogen (secondary N) is 1. The monoisotopic (exact) mass is 419 g/mol. The molecule has 0 radical (unpaired) electrons. The third-order valence-corrected chi connectivity index (χ3v) is 7.14. The summed E-state index contributed by atoms with van der Waals surface area (Å²) in [5.41, 5.74) is 0.821. The van der Waals surface area contributed by atoms with E-state index in [0.29, 0.717) is 18.3 Å². The molecule has 0 amide bonds. The summed E-state index contributed by atoms with van der Waals surface area (Å²) < 4.78 is 14.9. The minimum absolute atomic E-state index is 0.0217. The van der Waals surface area contributed by atoms with Crippen molar-refractivity contribution >= 4 is 11.8 Å². The molecule has 4 rings (SSSR count). The molecule has 30 heavy (non-hydrogen) atoms. The average molecular weight is 420 g/mol. The van der Waals surface area contributed by atoms with Crippen LogP contribution in [0, 0.1) is 11.8 Å². The summed E-state index contributed by atoms with van der Waals surface area (Å²) in [6.45, 7) is 0.887. The van der Waals surface area contributed by atoms with E-state index < -0.39 is 17.7 Å². The van der Waals surface area contributed by atoms with Gasteiger partial charge in [0.25, 0.3) is 0 Å². The van der Waals surface area contributed by atoms with Gasteiger partial charge in [0.15, 0.2) is 5.67 Å². The van der Waals surface area contributed by atoms with Crippen molar-refractivity contribution in [1.82, 2.24) is 9.88 Å². The zero-order valence-electron chi connectivity index (χ0n) is 17.7. The number of carbonyl (C=O) groups is 1. The van der Waals surface area contributed by atoms with Gasteiger partial charge in [-0.05, 0) is 55.6 Å². The van der Waals surface area contributed by atoms with Crippen LogP contribution in [0.2, 0.25) is 0 Å². The number of aliphatic hydroxyl groups is 1. The summed E-state index contributed by atoms with van der Waals surface area (Å²) in [5.74, 6) is 1.03.